The highest BCUT2D eigenvalue weighted by Crippen LogP contribution is 2.16. The van der Waals surface area contributed by atoms with Crippen LogP contribution >= 0.6 is 0 Å². The van der Waals surface area contributed by atoms with E-state index in [1.165, 1.54) is 0 Å². The van der Waals surface area contributed by atoms with Crippen molar-refractivity contribution < 1.29 is 14.3 Å². The summed E-state index contributed by atoms with van der Waals surface area (Å²) in [7, 11) is 0. The van der Waals surface area contributed by atoms with E-state index in [-0.39, 0.29) is 29.8 Å². The fourth-order valence-electron chi connectivity index (χ4n) is 3.26. The van der Waals surface area contributed by atoms with Gasteiger partial charge in [-0.2, -0.15) is 0 Å². The number of piperidine rings is 1. The average molecular weight is 397 g/mol. The van der Waals surface area contributed by atoms with Crippen LogP contribution in [0.2, 0.25) is 0 Å². The van der Waals surface area contributed by atoms with Crippen molar-refractivity contribution in [2.75, 3.05) is 25.0 Å². The number of hydrogen-bond acceptors (Lipinski definition) is 6. The fraction of sp³-hybridized carbons (Fsp3) is 0.429. The van der Waals surface area contributed by atoms with E-state index >= 15 is 0 Å². The zero-order valence-electron chi connectivity index (χ0n) is 16.8. The van der Waals surface area contributed by atoms with Crippen LogP contribution in [0, 0.1) is 0 Å². The molecule has 2 aromatic rings. The van der Waals surface area contributed by atoms with Crippen LogP contribution in [0.1, 0.15) is 48.8 Å². The summed E-state index contributed by atoms with van der Waals surface area (Å²) in [6.07, 6.45) is 1.35. The highest BCUT2D eigenvalue weighted by molar-refractivity contribution is 5.92. The van der Waals surface area contributed by atoms with E-state index in [0.717, 1.165) is 18.4 Å². The first-order valence-corrected chi connectivity index (χ1v) is 9.94. The molecule has 1 aliphatic heterocycles. The Hall–Kier alpha value is -3.16. The number of anilines is 1. The van der Waals surface area contributed by atoms with E-state index in [0.29, 0.717) is 25.5 Å². The summed E-state index contributed by atoms with van der Waals surface area (Å²) in [6, 6.07) is 13.3. The van der Waals surface area contributed by atoms with Gasteiger partial charge in [-0.1, -0.05) is 30.3 Å². The fourth-order valence-corrected chi connectivity index (χ4v) is 3.26. The predicted octanol–water partition coefficient (Wildman–Crippen LogP) is 3.00. The van der Waals surface area contributed by atoms with E-state index in [1.807, 2.05) is 37.3 Å². The quantitative estimate of drug-likeness (QED) is 0.778. The standard InChI is InChI=1S/C21H27N5O3/c1-3-29-21(28)26-13-11-17(12-14-26)23-19-10-9-18(24-25-19)20(27)22-15(2)16-7-5-4-6-8-16/h4-10,15,17H,3,11-14H2,1-2H3,(H,22,27)(H,23,25). The number of hydrogen-bond donors (Lipinski definition) is 2. The normalized spacial score (nSPS) is 15.4. The molecule has 1 atom stereocenters. The molecule has 1 aromatic carbocycles. The van der Waals surface area contributed by atoms with Gasteiger partial charge in [0.15, 0.2) is 5.69 Å². The van der Waals surface area contributed by atoms with Crippen LogP contribution in [-0.4, -0.2) is 52.8 Å². The largest absolute Gasteiger partial charge is 0.450 e. The minimum absolute atomic E-state index is 0.118. The van der Waals surface area contributed by atoms with Crippen LogP contribution in [0.15, 0.2) is 42.5 Å². The van der Waals surface area contributed by atoms with Gasteiger partial charge in [0.1, 0.15) is 5.82 Å². The maximum Gasteiger partial charge on any atom is 0.409 e. The maximum absolute atomic E-state index is 12.4. The third-order valence-electron chi connectivity index (χ3n) is 4.92. The Kier molecular flexibility index (Phi) is 6.99. The molecule has 8 nitrogen and oxygen atoms in total. The van der Waals surface area contributed by atoms with Gasteiger partial charge in [-0.05, 0) is 44.4 Å². The second kappa shape index (κ2) is 9.86. The lowest BCUT2D eigenvalue weighted by atomic mass is 10.1. The molecule has 3 rings (SSSR count). The van der Waals surface area contributed by atoms with Crippen molar-refractivity contribution >= 4 is 17.8 Å². The van der Waals surface area contributed by atoms with Crippen molar-refractivity contribution in [3.05, 3.63) is 53.7 Å². The number of rotatable bonds is 6. The SMILES string of the molecule is CCOC(=O)N1CCC(Nc2ccc(C(=O)NC(C)c3ccccc3)nn2)CC1. The molecule has 0 aliphatic carbocycles. The molecule has 1 unspecified atom stereocenters. The number of aromatic nitrogens is 2. The van der Waals surface area contributed by atoms with Gasteiger partial charge in [-0.25, -0.2) is 4.79 Å². The second-order valence-electron chi connectivity index (χ2n) is 7.01. The smallest absolute Gasteiger partial charge is 0.409 e. The number of nitrogens with zero attached hydrogens (tertiary/aromatic N) is 3. The predicted molar refractivity (Wildman–Crippen MR) is 110 cm³/mol. The molecule has 0 saturated carbocycles. The lowest BCUT2D eigenvalue weighted by Gasteiger charge is -2.31. The molecular weight excluding hydrogens is 370 g/mol. The molecule has 0 bridgehead atoms. The average Bonchev–Trinajstić information content (AvgIpc) is 2.75. The number of likely N-dealkylation sites (tertiary alicyclic amines) is 1. The molecule has 2 N–H and O–H groups in total. The van der Waals surface area contributed by atoms with Crippen molar-refractivity contribution in [2.24, 2.45) is 0 Å². The van der Waals surface area contributed by atoms with E-state index in [2.05, 4.69) is 20.8 Å². The third-order valence-corrected chi connectivity index (χ3v) is 4.92. The number of nitrogens with one attached hydrogen (secondary N) is 2. The van der Waals surface area contributed by atoms with E-state index in [4.69, 9.17) is 4.74 Å². The molecule has 2 heterocycles. The minimum atomic E-state index is -0.261. The number of ether oxygens (including phenoxy) is 1. The maximum atomic E-state index is 12.4. The summed E-state index contributed by atoms with van der Waals surface area (Å²) in [4.78, 5) is 25.9. The first-order valence-electron chi connectivity index (χ1n) is 9.94. The Morgan fingerprint density at radius 2 is 1.86 bits per heavy atom. The lowest BCUT2D eigenvalue weighted by Crippen LogP contribution is -2.42. The molecule has 1 aliphatic rings. The van der Waals surface area contributed by atoms with Crippen LogP contribution in [0.5, 0.6) is 0 Å². The van der Waals surface area contributed by atoms with Gasteiger partial charge in [-0.3, -0.25) is 4.79 Å². The van der Waals surface area contributed by atoms with Gasteiger partial charge in [0.2, 0.25) is 0 Å². The molecule has 0 spiro atoms. The van der Waals surface area contributed by atoms with Crippen molar-refractivity contribution in [1.82, 2.24) is 20.4 Å². The van der Waals surface area contributed by atoms with Crippen LogP contribution in [0.4, 0.5) is 10.6 Å². The minimum Gasteiger partial charge on any atom is -0.450 e. The first-order chi connectivity index (χ1) is 14.1. The molecule has 1 aromatic heterocycles. The summed E-state index contributed by atoms with van der Waals surface area (Å²) >= 11 is 0. The molecule has 1 fully saturated rings. The van der Waals surface area contributed by atoms with Crippen molar-refractivity contribution in [2.45, 2.75) is 38.8 Å². The Bertz CT molecular complexity index is 805. The zero-order valence-corrected chi connectivity index (χ0v) is 16.8. The van der Waals surface area contributed by atoms with Crippen molar-refractivity contribution in [3.8, 4) is 0 Å². The highest BCUT2D eigenvalue weighted by Gasteiger charge is 2.23. The van der Waals surface area contributed by atoms with Gasteiger partial charge in [0.05, 0.1) is 12.6 Å². The third kappa shape index (κ3) is 5.66. The summed E-state index contributed by atoms with van der Waals surface area (Å²) in [5.41, 5.74) is 1.30. The van der Waals surface area contributed by atoms with Crippen LogP contribution in [0.25, 0.3) is 0 Å². The number of carbonyl (C=O) groups excluding carboxylic acids is 2. The monoisotopic (exact) mass is 397 g/mol. The van der Waals surface area contributed by atoms with Crippen LogP contribution in [-0.2, 0) is 4.74 Å². The van der Waals surface area contributed by atoms with Gasteiger partial charge >= 0.3 is 6.09 Å². The number of benzene rings is 1. The van der Waals surface area contributed by atoms with E-state index < -0.39 is 0 Å². The highest BCUT2D eigenvalue weighted by atomic mass is 16.6. The van der Waals surface area contributed by atoms with Crippen LogP contribution < -0.4 is 10.6 Å². The van der Waals surface area contributed by atoms with Gasteiger partial charge in [-0.15, -0.1) is 10.2 Å². The Balaban J connectivity index is 1.49. The van der Waals surface area contributed by atoms with E-state index in [9.17, 15) is 9.59 Å². The molecule has 29 heavy (non-hydrogen) atoms. The molecule has 1 saturated heterocycles. The number of amides is 2. The summed E-state index contributed by atoms with van der Waals surface area (Å²) < 4.78 is 5.03. The van der Waals surface area contributed by atoms with Gasteiger partial charge < -0.3 is 20.3 Å². The molecule has 0 radical (unpaired) electrons. The first kappa shape index (κ1) is 20.6. The zero-order chi connectivity index (χ0) is 20.6. The molecule has 2 amide bonds. The van der Waals surface area contributed by atoms with E-state index in [1.54, 1.807) is 24.0 Å². The summed E-state index contributed by atoms with van der Waals surface area (Å²) in [5.74, 6) is 0.357. The Morgan fingerprint density at radius 3 is 2.48 bits per heavy atom. The van der Waals surface area contributed by atoms with Gasteiger partial charge in [0.25, 0.3) is 5.91 Å². The lowest BCUT2D eigenvalue weighted by molar-refractivity contribution is 0.0933. The Labute approximate surface area is 170 Å². The number of carbonyl (C=O) groups is 2. The summed E-state index contributed by atoms with van der Waals surface area (Å²) in [5, 5.41) is 14.4. The van der Waals surface area contributed by atoms with Crippen molar-refractivity contribution in [3.63, 3.8) is 0 Å². The summed E-state index contributed by atoms with van der Waals surface area (Å²) in [6.45, 7) is 5.40. The second-order valence-corrected chi connectivity index (χ2v) is 7.01. The topological polar surface area (TPSA) is 96.5 Å². The van der Waals surface area contributed by atoms with Crippen molar-refractivity contribution in [1.29, 1.82) is 0 Å². The van der Waals surface area contributed by atoms with Crippen LogP contribution in [0.3, 0.4) is 0 Å². The molecule has 8 heteroatoms. The molecular formula is C21H27N5O3. The Morgan fingerprint density at radius 1 is 1.14 bits per heavy atom. The molecule has 154 valence electrons. The van der Waals surface area contributed by atoms with Gasteiger partial charge in [0, 0.05) is 19.1 Å².